The van der Waals surface area contributed by atoms with Crippen LogP contribution in [0.2, 0.25) is 0 Å². The second-order valence-electron chi connectivity index (χ2n) is 3.08. The zero-order valence-corrected chi connectivity index (χ0v) is 10.0. The zero-order valence-electron chi connectivity index (χ0n) is 9.19. The summed E-state index contributed by atoms with van der Waals surface area (Å²) in [5.74, 6) is 0.222. The van der Waals surface area contributed by atoms with Gasteiger partial charge in [-0.25, -0.2) is 0 Å². The molecule has 1 heterocycles. The van der Waals surface area contributed by atoms with E-state index in [0.29, 0.717) is 18.0 Å². The minimum Gasteiger partial charge on any atom is -0.389 e. The number of nitrogens with two attached hydrogens (primary N) is 1. The molecular formula is C9H14N4O2S. The number of carbonyl (C=O) groups excluding carboxylic acids is 1. The number of ether oxygens (including phenoxy) is 1. The smallest absolute Gasteiger partial charge is 0.251 e. The van der Waals surface area contributed by atoms with Gasteiger partial charge in [-0.2, -0.15) is 5.10 Å². The summed E-state index contributed by atoms with van der Waals surface area (Å²) in [7, 11) is 1.69. The summed E-state index contributed by atoms with van der Waals surface area (Å²) in [6.07, 6.45) is 1.51. The molecule has 0 radical (unpaired) electrons. The standard InChI is InChI=1S/C9H14N4O2S/c1-3-15-5-7(14)12-9-6(8(10)16)4-11-13(9)2/h4H,3,5H2,1-2H3,(H2,10,16)(H,12,14). The van der Waals surface area contributed by atoms with Crippen molar-refractivity contribution < 1.29 is 9.53 Å². The molecule has 0 bridgehead atoms. The van der Waals surface area contributed by atoms with E-state index in [9.17, 15) is 4.79 Å². The third-order valence-electron chi connectivity index (χ3n) is 1.90. The molecule has 3 N–H and O–H groups in total. The quantitative estimate of drug-likeness (QED) is 0.712. The summed E-state index contributed by atoms with van der Waals surface area (Å²) in [4.78, 5) is 11.6. The summed E-state index contributed by atoms with van der Waals surface area (Å²) in [6, 6.07) is 0. The van der Waals surface area contributed by atoms with Crippen molar-refractivity contribution in [3.05, 3.63) is 11.8 Å². The fraction of sp³-hybridized carbons (Fsp3) is 0.444. The molecule has 0 aromatic carbocycles. The van der Waals surface area contributed by atoms with E-state index in [-0.39, 0.29) is 17.5 Å². The highest BCUT2D eigenvalue weighted by atomic mass is 32.1. The van der Waals surface area contributed by atoms with Gasteiger partial charge in [0.1, 0.15) is 17.4 Å². The fourth-order valence-corrected chi connectivity index (χ4v) is 1.28. The van der Waals surface area contributed by atoms with Gasteiger partial charge in [0.15, 0.2) is 0 Å². The molecule has 0 saturated heterocycles. The largest absolute Gasteiger partial charge is 0.389 e. The van der Waals surface area contributed by atoms with Crippen LogP contribution >= 0.6 is 12.2 Å². The van der Waals surface area contributed by atoms with E-state index < -0.39 is 0 Å². The van der Waals surface area contributed by atoms with Gasteiger partial charge in [0.2, 0.25) is 0 Å². The van der Waals surface area contributed by atoms with Crippen LogP contribution in [0.5, 0.6) is 0 Å². The molecule has 0 saturated carbocycles. The van der Waals surface area contributed by atoms with E-state index in [2.05, 4.69) is 10.4 Å². The van der Waals surface area contributed by atoms with Gasteiger partial charge in [0.05, 0.1) is 11.8 Å². The van der Waals surface area contributed by atoms with Crippen LogP contribution in [0.3, 0.4) is 0 Å². The molecule has 0 spiro atoms. The molecule has 88 valence electrons. The topological polar surface area (TPSA) is 82.2 Å². The average molecular weight is 242 g/mol. The van der Waals surface area contributed by atoms with E-state index in [1.165, 1.54) is 10.9 Å². The summed E-state index contributed by atoms with van der Waals surface area (Å²) >= 11 is 4.85. The highest BCUT2D eigenvalue weighted by Crippen LogP contribution is 2.13. The van der Waals surface area contributed by atoms with E-state index >= 15 is 0 Å². The summed E-state index contributed by atoms with van der Waals surface area (Å²) < 4.78 is 6.48. The Hall–Kier alpha value is -1.47. The van der Waals surface area contributed by atoms with Crippen molar-refractivity contribution in [2.45, 2.75) is 6.92 Å². The Bertz CT molecular complexity index is 402. The van der Waals surface area contributed by atoms with Crippen molar-refractivity contribution in [2.75, 3.05) is 18.5 Å². The van der Waals surface area contributed by atoms with Gasteiger partial charge in [0.25, 0.3) is 5.91 Å². The lowest BCUT2D eigenvalue weighted by molar-refractivity contribution is -0.120. The first-order valence-electron chi connectivity index (χ1n) is 4.75. The molecule has 0 aliphatic heterocycles. The SMILES string of the molecule is CCOCC(=O)Nc1c(C(N)=S)cnn1C. The number of hydrogen-bond acceptors (Lipinski definition) is 4. The van der Waals surface area contributed by atoms with Crippen LogP contribution in [0, 0.1) is 0 Å². The maximum absolute atomic E-state index is 11.4. The second-order valence-corrected chi connectivity index (χ2v) is 3.52. The molecule has 0 aliphatic carbocycles. The average Bonchev–Trinajstić information content (AvgIpc) is 2.58. The molecule has 0 fully saturated rings. The molecule has 1 aromatic rings. The van der Waals surface area contributed by atoms with E-state index in [4.69, 9.17) is 22.7 Å². The van der Waals surface area contributed by atoms with Crippen LogP contribution in [0.15, 0.2) is 6.20 Å². The first-order chi connectivity index (χ1) is 7.56. The summed E-state index contributed by atoms with van der Waals surface area (Å²) in [5, 5.41) is 6.61. The lowest BCUT2D eigenvalue weighted by atomic mass is 10.3. The van der Waals surface area contributed by atoms with Crippen LogP contribution in [-0.2, 0) is 16.6 Å². The molecule has 0 unspecified atom stereocenters. The molecule has 1 amide bonds. The van der Waals surface area contributed by atoms with Crippen molar-refractivity contribution in [3.8, 4) is 0 Å². The Balaban J connectivity index is 2.76. The Labute approximate surface area is 98.8 Å². The molecule has 6 nitrogen and oxygen atoms in total. The lowest BCUT2D eigenvalue weighted by Gasteiger charge is -2.07. The molecule has 1 aromatic heterocycles. The number of nitrogens with zero attached hydrogens (tertiary/aromatic N) is 2. The van der Waals surface area contributed by atoms with Gasteiger partial charge < -0.3 is 15.8 Å². The summed E-state index contributed by atoms with van der Waals surface area (Å²) in [6.45, 7) is 2.30. The van der Waals surface area contributed by atoms with Crippen LogP contribution in [0.4, 0.5) is 5.82 Å². The minimum absolute atomic E-state index is 0.00153. The first-order valence-corrected chi connectivity index (χ1v) is 5.16. The third-order valence-corrected chi connectivity index (χ3v) is 2.12. The Morgan fingerprint density at radius 2 is 2.44 bits per heavy atom. The van der Waals surface area contributed by atoms with Crippen molar-refractivity contribution in [1.82, 2.24) is 9.78 Å². The molecule has 16 heavy (non-hydrogen) atoms. The number of anilines is 1. The number of aromatic nitrogens is 2. The van der Waals surface area contributed by atoms with Crippen LogP contribution in [-0.4, -0.2) is 33.9 Å². The summed E-state index contributed by atoms with van der Waals surface area (Å²) in [5.41, 5.74) is 6.04. The predicted octanol–water partition coefficient (Wildman–Crippen LogP) is 0.0293. The second kappa shape index (κ2) is 5.57. The van der Waals surface area contributed by atoms with Crippen molar-refractivity contribution in [2.24, 2.45) is 12.8 Å². The number of rotatable bonds is 5. The van der Waals surface area contributed by atoms with Crippen LogP contribution < -0.4 is 11.1 Å². The number of thiocarbonyl (C=S) groups is 1. The maximum atomic E-state index is 11.4. The Morgan fingerprint density at radius 3 is 3.00 bits per heavy atom. The van der Waals surface area contributed by atoms with Crippen molar-refractivity contribution in [3.63, 3.8) is 0 Å². The molecule has 7 heteroatoms. The highest BCUT2D eigenvalue weighted by Gasteiger charge is 2.13. The van der Waals surface area contributed by atoms with Crippen LogP contribution in [0.1, 0.15) is 12.5 Å². The molecule has 0 aliphatic rings. The lowest BCUT2D eigenvalue weighted by Crippen LogP contribution is -2.22. The van der Waals surface area contributed by atoms with Gasteiger partial charge in [-0.3, -0.25) is 9.48 Å². The zero-order chi connectivity index (χ0) is 12.1. The first kappa shape index (κ1) is 12.6. The Morgan fingerprint density at radius 1 is 1.75 bits per heavy atom. The van der Waals surface area contributed by atoms with Gasteiger partial charge >= 0.3 is 0 Å². The van der Waals surface area contributed by atoms with Gasteiger partial charge in [0, 0.05) is 13.7 Å². The maximum Gasteiger partial charge on any atom is 0.251 e. The number of aryl methyl sites for hydroxylation is 1. The number of hydrogen-bond donors (Lipinski definition) is 2. The number of amides is 1. The van der Waals surface area contributed by atoms with E-state index in [0.717, 1.165) is 0 Å². The highest BCUT2D eigenvalue weighted by molar-refractivity contribution is 7.80. The molecule has 0 atom stereocenters. The van der Waals surface area contributed by atoms with Gasteiger partial charge in [-0.1, -0.05) is 12.2 Å². The molecular weight excluding hydrogens is 228 g/mol. The number of carbonyl (C=O) groups is 1. The van der Waals surface area contributed by atoms with Crippen LogP contribution in [0.25, 0.3) is 0 Å². The monoisotopic (exact) mass is 242 g/mol. The molecule has 1 rings (SSSR count). The van der Waals surface area contributed by atoms with Crippen molar-refractivity contribution in [1.29, 1.82) is 0 Å². The van der Waals surface area contributed by atoms with E-state index in [1.807, 2.05) is 6.92 Å². The minimum atomic E-state index is -0.261. The Kier molecular flexibility index (Phi) is 4.39. The fourth-order valence-electron chi connectivity index (χ4n) is 1.13. The van der Waals surface area contributed by atoms with Gasteiger partial charge in [-0.15, -0.1) is 0 Å². The predicted molar refractivity (Wildman–Crippen MR) is 64.2 cm³/mol. The van der Waals surface area contributed by atoms with Gasteiger partial charge in [-0.05, 0) is 6.92 Å². The normalized spacial score (nSPS) is 10.1. The number of nitrogens with one attached hydrogen (secondary N) is 1. The third kappa shape index (κ3) is 3.01. The van der Waals surface area contributed by atoms with E-state index in [1.54, 1.807) is 7.05 Å². The van der Waals surface area contributed by atoms with Crippen molar-refractivity contribution >= 4 is 28.9 Å².